The lowest BCUT2D eigenvalue weighted by molar-refractivity contribution is 0.239. The van der Waals surface area contributed by atoms with Crippen LogP contribution in [0.4, 0.5) is 0 Å². The van der Waals surface area contributed by atoms with Crippen LogP contribution in [0.5, 0.6) is 0 Å². The van der Waals surface area contributed by atoms with E-state index in [0.717, 1.165) is 72.1 Å². The molecule has 252 valence electrons. The molecule has 3 aliphatic carbocycles. The Hall–Kier alpha value is -5.42. The van der Waals surface area contributed by atoms with Crippen LogP contribution in [0.15, 0.2) is 161 Å². The Labute approximate surface area is 296 Å². The van der Waals surface area contributed by atoms with Crippen LogP contribution in [0.1, 0.15) is 68.6 Å². The Balaban J connectivity index is 1.09. The molecule has 1 atom stereocenters. The van der Waals surface area contributed by atoms with E-state index < -0.39 is 0 Å². The van der Waals surface area contributed by atoms with E-state index in [-0.39, 0.29) is 5.41 Å². The van der Waals surface area contributed by atoms with Crippen LogP contribution in [-0.4, -0.2) is 16.8 Å². The summed E-state index contributed by atoms with van der Waals surface area (Å²) in [6, 6.07) is 36.4. The van der Waals surface area contributed by atoms with Crippen molar-refractivity contribution in [1.82, 2.24) is 10.3 Å². The van der Waals surface area contributed by atoms with Crippen molar-refractivity contribution in [2.45, 2.75) is 63.8 Å². The highest BCUT2D eigenvalue weighted by molar-refractivity contribution is 5.82. The van der Waals surface area contributed by atoms with Crippen LogP contribution in [0.25, 0.3) is 27.8 Å². The van der Waals surface area contributed by atoms with E-state index in [9.17, 15) is 5.11 Å². The molecule has 5 heteroatoms. The summed E-state index contributed by atoms with van der Waals surface area (Å²) in [7, 11) is 0. The molecule has 0 spiro atoms. The second-order valence-electron chi connectivity index (χ2n) is 13.8. The van der Waals surface area contributed by atoms with Crippen molar-refractivity contribution in [3.05, 3.63) is 173 Å². The predicted molar refractivity (Wildman–Crippen MR) is 205 cm³/mol. The molecule has 7 rings (SSSR count). The van der Waals surface area contributed by atoms with E-state index in [0.29, 0.717) is 19.0 Å². The fourth-order valence-electron chi connectivity index (χ4n) is 7.69. The van der Waals surface area contributed by atoms with Gasteiger partial charge in [-0.15, -0.1) is 0 Å². The molecule has 0 saturated heterocycles. The molecule has 0 radical (unpaired) electrons. The number of hydrogen-bond donors (Lipinski definition) is 3. The number of aliphatic hydroxyl groups excluding tert-OH is 1. The third-order valence-corrected chi connectivity index (χ3v) is 10.5. The first kappa shape index (κ1) is 33.1. The van der Waals surface area contributed by atoms with Crippen molar-refractivity contribution < 1.29 is 5.11 Å². The van der Waals surface area contributed by atoms with Crippen molar-refractivity contribution in [1.29, 1.82) is 5.53 Å². The molecule has 0 aliphatic heterocycles. The molecule has 0 aromatic heterocycles. The van der Waals surface area contributed by atoms with Gasteiger partial charge < -0.3 is 10.4 Å². The molecular formula is C45H46N4O. The topological polar surface area (TPSA) is 71.7 Å². The summed E-state index contributed by atoms with van der Waals surface area (Å²) in [4.78, 5) is 0. The summed E-state index contributed by atoms with van der Waals surface area (Å²) in [5.41, 5.74) is 20.4. The molecule has 3 aliphatic rings. The van der Waals surface area contributed by atoms with Gasteiger partial charge >= 0.3 is 0 Å². The number of nitrogens with one attached hydrogen (secondary N) is 2. The zero-order valence-corrected chi connectivity index (χ0v) is 28.9. The van der Waals surface area contributed by atoms with Crippen molar-refractivity contribution in [2.24, 2.45) is 5.22 Å². The highest BCUT2D eigenvalue weighted by atomic mass is 16.3. The maximum atomic E-state index is 11.6. The fraction of sp³-hybridized carbons (Fsp3) is 0.244. The zero-order valence-electron chi connectivity index (χ0n) is 28.9. The zero-order chi connectivity index (χ0) is 34.3. The minimum Gasteiger partial charge on any atom is -0.507 e. The Morgan fingerprint density at radius 2 is 1.54 bits per heavy atom. The molecule has 4 aromatic rings. The third kappa shape index (κ3) is 7.13. The van der Waals surface area contributed by atoms with E-state index in [1.54, 1.807) is 5.01 Å². The number of rotatable bonds is 11. The lowest BCUT2D eigenvalue weighted by Crippen LogP contribution is -2.31. The molecule has 0 saturated carbocycles. The molecule has 4 aromatic carbocycles. The summed E-state index contributed by atoms with van der Waals surface area (Å²) in [6.07, 6.45) is 18.2. The first-order chi connectivity index (χ1) is 24.5. The van der Waals surface area contributed by atoms with Gasteiger partial charge in [-0.25, -0.2) is 0 Å². The highest BCUT2D eigenvalue weighted by Gasteiger charge is 2.28. The molecule has 50 heavy (non-hydrogen) atoms. The molecule has 0 heterocycles. The maximum absolute atomic E-state index is 11.6. The molecule has 5 nitrogen and oxygen atoms in total. The van der Waals surface area contributed by atoms with Gasteiger partial charge in [-0.2, -0.15) is 5.53 Å². The van der Waals surface area contributed by atoms with Gasteiger partial charge in [-0.1, -0.05) is 140 Å². The van der Waals surface area contributed by atoms with Gasteiger partial charge in [-0.3, -0.25) is 5.01 Å². The third-order valence-electron chi connectivity index (χ3n) is 10.5. The van der Waals surface area contributed by atoms with Crippen LogP contribution < -0.4 is 5.32 Å². The summed E-state index contributed by atoms with van der Waals surface area (Å²) in [5, 5.41) is 20.7. The largest absolute Gasteiger partial charge is 0.507 e. The molecule has 0 fully saturated rings. The Morgan fingerprint density at radius 1 is 0.800 bits per heavy atom. The monoisotopic (exact) mass is 658 g/mol. The van der Waals surface area contributed by atoms with Crippen LogP contribution in [-0.2, 0) is 12.0 Å². The van der Waals surface area contributed by atoms with Gasteiger partial charge in [-0.05, 0) is 101 Å². The minimum atomic E-state index is 0.0282. The van der Waals surface area contributed by atoms with Gasteiger partial charge in [0.1, 0.15) is 12.4 Å². The first-order valence-electron chi connectivity index (χ1n) is 17.9. The highest BCUT2D eigenvalue weighted by Crippen LogP contribution is 2.42. The van der Waals surface area contributed by atoms with Crippen LogP contribution in [0.3, 0.4) is 0 Å². The lowest BCUT2D eigenvalue weighted by Gasteiger charge is -2.32. The van der Waals surface area contributed by atoms with Crippen molar-refractivity contribution in [3.8, 4) is 22.3 Å². The summed E-state index contributed by atoms with van der Waals surface area (Å²) >= 11 is 0. The molecule has 0 bridgehead atoms. The average Bonchev–Trinajstić information content (AvgIpc) is 3.18. The van der Waals surface area contributed by atoms with E-state index in [4.69, 9.17) is 5.53 Å². The van der Waals surface area contributed by atoms with Crippen molar-refractivity contribution in [2.75, 3.05) is 6.67 Å². The summed E-state index contributed by atoms with van der Waals surface area (Å²) in [5.74, 6) is 0.351. The van der Waals surface area contributed by atoms with Crippen LogP contribution >= 0.6 is 0 Å². The van der Waals surface area contributed by atoms with Crippen LogP contribution in [0.2, 0.25) is 0 Å². The van der Waals surface area contributed by atoms with E-state index in [1.165, 1.54) is 34.2 Å². The average molecular weight is 659 g/mol. The quantitative estimate of drug-likeness (QED) is 0.0650. The SMILES string of the molecule is CC1(c2ccc(-c3ccc(CN(CNC4=C(c5ccccc5)C(O)=C(C5=CC=CCC5)CC4)N=N)cc3)cc2-c2ccccc2)C=CCCC1. The normalized spacial score (nSPS) is 18.9. The number of benzene rings is 4. The van der Waals surface area contributed by atoms with E-state index >= 15 is 0 Å². The summed E-state index contributed by atoms with van der Waals surface area (Å²) in [6.45, 7) is 3.23. The van der Waals surface area contributed by atoms with E-state index in [2.05, 4.69) is 121 Å². The smallest absolute Gasteiger partial charge is 0.128 e. The van der Waals surface area contributed by atoms with E-state index in [1.807, 2.05) is 30.3 Å². The Bertz CT molecular complexity index is 1990. The Kier molecular flexibility index (Phi) is 9.93. The summed E-state index contributed by atoms with van der Waals surface area (Å²) < 4.78 is 0. The van der Waals surface area contributed by atoms with Crippen molar-refractivity contribution >= 4 is 5.57 Å². The number of hydrogen-bond acceptors (Lipinski definition) is 4. The maximum Gasteiger partial charge on any atom is 0.128 e. The number of allylic oxidation sites excluding steroid dienone is 9. The second kappa shape index (κ2) is 15.0. The van der Waals surface area contributed by atoms with Gasteiger partial charge in [0, 0.05) is 16.7 Å². The van der Waals surface area contributed by atoms with Gasteiger partial charge in [0.05, 0.1) is 6.54 Å². The molecule has 0 amide bonds. The molecule has 3 N–H and O–H groups in total. The van der Waals surface area contributed by atoms with Gasteiger partial charge in [0.15, 0.2) is 0 Å². The fourth-order valence-corrected chi connectivity index (χ4v) is 7.69. The molecule has 1 unspecified atom stereocenters. The van der Waals surface area contributed by atoms with Crippen LogP contribution in [0, 0.1) is 5.53 Å². The minimum absolute atomic E-state index is 0.0282. The standard InChI is InChI=1S/C45H46N4O/c1-45(28-12-5-13-29-45)41-26-24-38(30-40(41)36-16-8-3-9-17-36)34-22-20-33(21-23-34)31-49(48-46)32-47-42-27-25-39(35-14-6-2-7-15-35)44(50)43(42)37-18-10-4-11-19-37/h2-4,6,8-12,14,16-24,26,28,30,46-47,50H,5,7,13,15,25,27,29,31-32H2,1H3. The number of nitrogens with zero attached hydrogens (tertiary/aromatic N) is 2. The second-order valence-corrected chi connectivity index (χ2v) is 13.8. The number of aliphatic hydroxyl groups is 1. The first-order valence-corrected chi connectivity index (χ1v) is 17.9. The van der Waals surface area contributed by atoms with Crippen molar-refractivity contribution in [3.63, 3.8) is 0 Å². The Morgan fingerprint density at radius 3 is 2.22 bits per heavy atom. The van der Waals surface area contributed by atoms with Gasteiger partial charge in [0.25, 0.3) is 0 Å². The lowest BCUT2D eigenvalue weighted by atomic mass is 9.72. The molecular weight excluding hydrogens is 613 g/mol. The predicted octanol–water partition coefficient (Wildman–Crippen LogP) is 11.6. The van der Waals surface area contributed by atoms with Gasteiger partial charge in [0.2, 0.25) is 0 Å².